The topological polar surface area (TPSA) is 38.7 Å². The van der Waals surface area contributed by atoms with Gasteiger partial charge in [0.15, 0.2) is 0 Å². The van der Waals surface area contributed by atoms with Gasteiger partial charge in [-0.15, -0.1) is 0 Å². The Morgan fingerprint density at radius 3 is 2.47 bits per heavy atom. The number of ether oxygens (including phenoxy) is 2. The van der Waals surface area contributed by atoms with Gasteiger partial charge in [-0.3, -0.25) is 0 Å². The van der Waals surface area contributed by atoms with Crippen LogP contribution < -0.4 is 4.74 Å². The molecular weight excluding hydrogens is 264 g/mol. The van der Waals surface area contributed by atoms with Gasteiger partial charge < -0.3 is 14.6 Å². The van der Waals surface area contributed by atoms with Crippen LogP contribution in [0, 0.1) is 5.92 Å². The third-order valence-electron chi connectivity index (χ3n) is 2.76. The maximum atomic E-state index is 9.44. The summed E-state index contributed by atoms with van der Waals surface area (Å²) in [4.78, 5) is 0. The number of aliphatic hydroxyl groups excluding tert-OH is 1. The summed E-state index contributed by atoms with van der Waals surface area (Å²) in [6.07, 6.45) is 0.537. The van der Waals surface area contributed by atoms with E-state index in [-0.39, 0.29) is 0 Å². The molecule has 0 unspecified atom stereocenters. The van der Waals surface area contributed by atoms with E-state index >= 15 is 0 Å². The van der Waals surface area contributed by atoms with Crippen molar-refractivity contribution in [2.45, 2.75) is 33.3 Å². The molecule has 0 aliphatic rings. The lowest BCUT2D eigenvalue weighted by Crippen LogP contribution is -2.09. The van der Waals surface area contributed by atoms with Crippen LogP contribution >= 0.6 is 11.6 Å². The molecule has 0 amide bonds. The van der Waals surface area contributed by atoms with Gasteiger partial charge in [0.2, 0.25) is 0 Å². The van der Waals surface area contributed by atoms with Crippen LogP contribution in [0.25, 0.3) is 0 Å². The molecule has 1 aromatic carbocycles. The van der Waals surface area contributed by atoms with Crippen molar-refractivity contribution in [1.29, 1.82) is 0 Å². The summed E-state index contributed by atoms with van der Waals surface area (Å²) >= 11 is 6.08. The molecule has 1 rings (SSSR count). The molecule has 0 spiro atoms. The Morgan fingerprint density at radius 1 is 1.16 bits per heavy atom. The predicted molar refractivity (Wildman–Crippen MR) is 77.9 cm³/mol. The van der Waals surface area contributed by atoms with Crippen LogP contribution in [0.2, 0.25) is 5.02 Å². The minimum absolute atomic E-state index is 0.478. The van der Waals surface area contributed by atoms with Gasteiger partial charge in [-0.2, -0.15) is 0 Å². The molecule has 1 atom stereocenters. The normalized spacial score (nSPS) is 12.7. The van der Waals surface area contributed by atoms with E-state index in [1.165, 1.54) is 0 Å². The molecule has 0 fully saturated rings. The molecule has 0 saturated carbocycles. The van der Waals surface area contributed by atoms with Gasteiger partial charge in [0.25, 0.3) is 0 Å². The first kappa shape index (κ1) is 16.3. The lowest BCUT2D eigenvalue weighted by Gasteiger charge is -2.11. The fourth-order valence-electron chi connectivity index (χ4n) is 1.53. The monoisotopic (exact) mass is 286 g/mol. The molecule has 108 valence electrons. The second-order valence-electron chi connectivity index (χ2n) is 5.01. The largest absolute Gasteiger partial charge is 0.490 e. The van der Waals surface area contributed by atoms with Crippen molar-refractivity contribution in [2.24, 2.45) is 5.92 Å². The third kappa shape index (κ3) is 6.28. The van der Waals surface area contributed by atoms with E-state index in [1.54, 1.807) is 19.1 Å². The van der Waals surface area contributed by atoms with Crippen molar-refractivity contribution in [3.63, 3.8) is 0 Å². The first-order valence-electron chi connectivity index (χ1n) is 6.68. The molecule has 3 nitrogen and oxygen atoms in total. The highest BCUT2D eigenvalue weighted by molar-refractivity contribution is 6.32. The SMILES string of the molecule is CC(C)CCOCCOc1ccc([C@@H](C)O)cc1Cl. The Balaban J connectivity index is 2.30. The average molecular weight is 287 g/mol. The van der Waals surface area contributed by atoms with E-state index in [2.05, 4.69) is 13.8 Å². The fraction of sp³-hybridized carbons (Fsp3) is 0.600. The van der Waals surface area contributed by atoms with E-state index in [0.717, 1.165) is 18.6 Å². The quantitative estimate of drug-likeness (QED) is 0.738. The first-order valence-corrected chi connectivity index (χ1v) is 7.06. The van der Waals surface area contributed by atoms with Crippen molar-refractivity contribution in [1.82, 2.24) is 0 Å². The van der Waals surface area contributed by atoms with Gasteiger partial charge in [-0.05, 0) is 37.0 Å². The van der Waals surface area contributed by atoms with Crippen molar-refractivity contribution in [3.8, 4) is 5.75 Å². The number of rotatable bonds is 8. The number of aliphatic hydroxyl groups is 1. The van der Waals surface area contributed by atoms with Crippen LogP contribution in [-0.2, 0) is 4.74 Å². The zero-order valence-electron chi connectivity index (χ0n) is 11.9. The molecule has 1 N–H and O–H groups in total. The Hall–Kier alpha value is -0.770. The van der Waals surface area contributed by atoms with E-state index < -0.39 is 6.10 Å². The standard InChI is InChI=1S/C15H23ClO3/c1-11(2)6-7-18-8-9-19-15-5-4-13(12(3)17)10-14(15)16/h4-5,10-12,17H,6-9H2,1-3H3/t12-/m1/s1. The molecule has 0 bridgehead atoms. The van der Waals surface area contributed by atoms with Crippen LogP contribution in [0.3, 0.4) is 0 Å². The van der Waals surface area contributed by atoms with E-state index in [1.807, 2.05) is 6.07 Å². The first-order chi connectivity index (χ1) is 9.00. The minimum Gasteiger partial charge on any atom is -0.490 e. The highest BCUT2D eigenvalue weighted by atomic mass is 35.5. The molecular formula is C15H23ClO3. The molecule has 0 aliphatic carbocycles. The van der Waals surface area contributed by atoms with E-state index in [0.29, 0.717) is 29.9 Å². The summed E-state index contributed by atoms with van der Waals surface area (Å²) in [7, 11) is 0. The van der Waals surface area contributed by atoms with Crippen LogP contribution in [0.5, 0.6) is 5.75 Å². The maximum absolute atomic E-state index is 9.44. The average Bonchev–Trinajstić information content (AvgIpc) is 2.34. The minimum atomic E-state index is -0.522. The molecule has 0 aliphatic heterocycles. The van der Waals surface area contributed by atoms with Gasteiger partial charge in [0.1, 0.15) is 12.4 Å². The maximum Gasteiger partial charge on any atom is 0.138 e. The lowest BCUT2D eigenvalue weighted by molar-refractivity contribution is 0.0926. The van der Waals surface area contributed by atoms with Crippen LogP contribution in [0.1, 0.15) is 38.9 Å². The molecule has 0 radical (unpaired) electrons. The highest BCUT2D eigenvalue weighted by Gasteiger charge is 2.06. The number of hydrogen-bond acceptors (Lipinski definition) is 3. The van der Waals surface area contributed by atoms with Gasteiger partial charge >= 0.3 is 0 Å². The van der Waals surface area contributed by atoms with Gasteiger partial charge in [0, 0.05) is 6.61 Å². The summed E-state index contributed by atoms with van der Waals surface area (Å²) in [6, 6.07) is 5.31. The van der Waals surface area contributed by atoms with Crippen LogP contribution in [0.4, 0.5) is 0 Å². The molecule has 1 aromatic rings. The van der Waals surface area contributed by atoms with Crippen LogP contribution in [-0.4, -0.2) is 24.9 Å². The molecule has 0 saturated heterocycles. The number of benzene rings is 1. The third-order valence-corrected chi connectivity index (χ3v) is 3.06. The predicted octanol–water partition coefficient (Wildman–Crippen LogP) is 3.83. The zero-order chi connectivity index (χ0) is 14.3. The summed E-state index contributed by atoms with van der Waals surface area (Å²) in [5, 5.41) is 9.95. The summed E-state index contributed by atoms with van der Waals surface area (Å²) in [5.41, 5.74) is 0.783. The summed E-state index contributed by atoms with van der Waals surface area (Å²) in [6.45, 7) is 7.84. The van der Waals surface area contributed by atoms with Crippen molar-refractivity contribution in [3.05, 3.63) is 28.8 Å². The smallest absolute Gasteiger partial charge is 0.138 e. The Morgan fingerprint density at radius 2 is 1.89 bits per heavy atom. The zero-order valence-corrected chi connectivity index (χ0v) is 12.6. The molecule has 0 aromatic heterocycles. The lowest BCUT2D eigenvalue weighted by atomic mass is 10.1. The Kier molecular flexibility index (Phi) is 7.21. The van der Waals surface area contributed by atoms with Gasteiger partial charge in [-0.25, -0.2) is 0 Å². The van der Waals surface area contributed by atoms with Crippen molar-refractivity contribution >= 4 is 11.6 Å². The fourth-order valence-corrected chi connectivity index (χ4v) is 1.77. The van der Waals surface area contributed by atoms with Gasteiger partial charge in [-0.1, -0.05) is 31.5 Å². The Labute approximate surface area is 120 Å². The number of hydrogen-bond donors (Lipinski definition) is 1. The summed E-state index contributed by atoms with van der Waals surface area (Å²) < 4.78 is 11.0. The van der Waals surface area contributed by atoms with E-state index in [4.69, 9.17) is 21.1 Å². The second kappa shape index (κ2) is 8.41. The molecule has 19 heavy (non-hydrogen) atoms. The highest BCUT2D eigenvalue weighted by Crippen LogP contribution is 2.27. The van der Waals surface area contributed by atoms with Crippen molar-refractivity contribution in [2.75, 3.05) is 19.8 Å². The van der Waals surface area contributed by atoms with Crippen molar-refractivity contribution < 1.29 is 14.6 Å². The molecule has 0 heterocycles. The van der Waals surface area contributed by atoms with Crippen LogP contribution in [0.15, 0.2) is 18.2 Å². The second-order valence-corrected chi connectivity index (χ2v) is 5.42. The number of halogens is 1. The van der Waals surface area contributed by atoms with Gasteiger partial charge in [0.05, 0.1) is 17.7 Å². The summed E-state index contributed by atoms with van der Waals surface area (Å²) in [5.74, 6) is 1.28. The Bertz CT molecular complexity index is 378. The van der Waals surface area contributed by atoms with E-state index in [9.17, 15) is 5.11 Å². The molecule has 4 heteroatoms.